The molecule has 0 bridgehead atoms. The minimum absolute atomic E-state index is 0.165. The van der Waals surface area contributed by atoms with Crippen molar-refractivity contribution in [2.45, 2.75) is 90.4 Å². The SMILES string of the molecule is CCNC(=NCc1nc(C(C)OCC)no1)NC1CCN(C2CCCCC2)CC1. The van der Waals surface area contributed by atoms with Gasteiger partial charge in [-0.3, -0.25) is 0 Å². The Kier molecular flexibility index (Phi) is 8.73. The van der Waals surface area contributed by atoms with E-state index < -0.39 is 0 Å². The van der Waals surface area contributed by atoms with E-state index in [0.717, 1.165) is 31.4 Å². The first-order valence-electron chi connectivity index (χ1n) is 11.4. The number of aromatic nitrogens is 2. The molecule has 1 saturated heterocycles. The molecule has 1 aromatic heterocycles. The van der Waals surface area contributed by atoms with Crippen molar-refractivity contribution >= 4 is 5.96 Å². The Balaban J connectivity index is 1.48. The summed E-state index contributed by atoms with van der Waals surface area (Å²) in [6, 6.07) is 1.28. The number of rotatable bonds is 8. The predicted molar refractivity (Wildman–Crippen MR) is 114 cm³/mol. The summed E-state index contributed by atoms with van der Waals surface area (Å²) in [7, 11) is 0. The van der Waals surface area contributed by atoms with Gasteiger partial charge in [0.25, 0.3) is 0 Å². The van der Waals surface area contributed by atoms with Crippen molar-refractivity contribution in [3.05, 3.63) is 11.7 Å². The van der Waals surface area contributed by atoms with Gasteiger partial charge >= 0.3 is 0 Å². The van der Waals surface area contributed by atoms with Crippen LogP contribution < -0.4 is 10.6 Å². The van der Waals surface area contributed by atoms with Crippen LogP contribution in [0.4, 0.5) is 0 Å². The number of nitrogens with one attached hydrogen (secondary N) is 2. The van der Waals surface area contributed by atoms with Crippen LogP contribution in [0.2, 0.25) is 0 Å². The highest BCUT2D eigenvalue weighted by atomic mass is 16.5. The maximum atomic E-state index is 5.51. The molecule has 1 atom stereocenters. The summed E-state index contributed by atoms with van der Waals surface area (Å²) in [5, 5.41) is 10.9. The van der Waals surface area contributed by atoms with E-state index in [4.69, 9.17) is 9.26 Å². The third kappa shape index (κ3) is 6.67. The summed E-state index contributed by atoms with van der Waals surface area (Å²) >= 11 is 0. The van der Waals surface area contributed by atoms with E-state index in [0.29, 0.717) is 30.9 Å². The molecule has 1 saturated carbocycles. The van der Waals surface area contributed by atoms with Crippen LogP contribution in [0.5, 0.6) is 0 Å². The molecule has 8 nitrogen and oxygen atoms in total. The summed E-state index contributed by atoms with van der Waals surface area (Å²) in [5.74, 6) is 1.90. The topological polar surface area (TPSA) is 87.8 Å². The summed E-state index contributed by atoms with van der Waals surface area (Å²) < 4.78 is 10.8. The maximum absolute atomic E-state index is 5.51. The summed E-state index contributed by atoms with van der Waals surface area (Å²) in [5.41, 5.74) is 0. The fraction of sp³-hybridized carbons (Fsp3) is 0.857. The van der Waals surface area contributed by atoms with Crippen LogP contribution in [0.1, 0.15) is 83.5 Å². The Labute approximate surface area is 174 Å². The van der Waals surface area contributed by atoms with Crippen LogP contribution in [0.25, 0.3) is 0 Å². The van der Waals surface area contributed by atoms with E-state index in [1.807, 2.05) is 13.8 Å². The number of likely N-dealkylation sites (tertiary alicyclic amines) is 1. The lowest BCUT2D eigenvalue weighted by molar-refractivity contribution is 0.0683. The van der Waals surface area contributed by atoms with Gasteiger partial charge in [-0.25, -0.2) is 4.99 Å². The Hall–Kier alpha value is -1.67. The molecule has 1 unspecified atom stereocenters. The Morgan fingerprint density at radius 1 is 1.21 bits per heavy atom. The Bertz CT molecular complexity index is 620. The first-order chi connectivity index (χ1) is 14.2. The summed E-state index contributed by atoms with van der Waals surface area (Å²) in [6.45, 7) is 10.1. The molecule has 1 aromatic rings. The highest BCUT2D eigenvalue weighted by molar-refractivity contribution is 5.80. The van der Waals surface area contributed by atoms with Gasteiger partial charge in [-0.15, -0.1) is 0 Å². The Morgan fingerprint density at radius 2 is 1.97 bits per heavy atom. The molecule has 8 heteroatoms. The monoisotopic (exact) mass is 406 g/mol. The average molecular weight is 407 g/mol. The minimum Gasteiger partial charge on any atom is -0.371 e. The van der Waals surface area contributed by atoms with Gasteiger partial charge < -0.3 is 24.8 Å². The van der Waals surface area contributed by atoms with Crippen molar-refractivity contribution in [3.63, 3.8) is 0 Å². The third-order valence-corrected chi connectivity index (χ3v) is 5.94. The van der Waals surface area contributed by atoms with Crippen molar-refractivity contribution in [2.75, 3.05) is 26.2 Å². The molecule has 1 aliphatic heterocycles. The minimum atomic E-state index is -0.165. The fourth-order valence-electron chi connectivity index (χ4n) is 4.34. The zero-order chi connectivity index (χ0) is 20.5. The van der Waals surface area contributed by atoms with Crippen LogP contribution in [0.15, 0.2) is 9.52 Å². The van der Waals surface area contributed by atoms with Crippen molar-refractivity contribution in [1.82, 2.24) is 25.7 Å². The van der Waals surface area contributed by atoms with E-state index >= 15 is 0 Å². The van der Waals surface area contributed by atoms with E-state index in [1.54, 1.807) is 0 Å². The number of guanidine groups is 1. The molecule has 2 heterocycles. The lowest BCUT2D eigenvalue weighted by atomic mass is 9.92. The lowest BCUT2D eigenvalue weighted by Gasteiger charge is -2.39. The third-order valence-electron chi connectivity index (χ3n) is 5.94. The summed E-state index contributed by atoms with van der Waals surface area (Å²) in [6.07, 6.45) is 9.16. The van der Waals surface area contributed by atoms with Crippen molar-refractivity contribution < 1.29 is 9.26 Å². The van der Waals surface area contributed by atoms with Crippen molar-refractivity contribution in [3.8, 4) is 0 Å². The molecule has 164 valence electrons. The molecule has 0 aromatic carbocycles. The second kappa shape index (κ2) is 11.5. The van der Waals surface area contributed by atoms with Crippen molar-refractivity contribution in [1.29, 1.82) is 0 Å². The second-order valence-corrected chi connectivity index (χ2v) is 8.09. The van der Waals surface area contributed by atoms with Gasteiger partial charge in [0.2, 0.25) is 5.89 Å². The second-order valence-electron chi connectivity index (χ2n) is 8.09. The van der Waals surface area contributed by atoms with Gasteiger partial charge in [-0.1, -0.05) is 24.4 Å². The number of aliphatic imine (C=N–C) groups is 1. The summed E-state index contributed by atoms with van der Waals surface area (Å²) in [4.78, 5) is 11.8. The zero-order valence-electron chi connectivity index (χ0n) is 18.3. The molecule has 2 aliphatic rings. The molecule has 2 N–H and O–H groups in total. The van der Waals surface area contributed by atoms with Gasteiger partial charge in [0.15, 0.2) is 11.8 Å². The van der Waals surface area contributed by atoms with E-state index in [1.165, 1.54) is 45.2 Å². The molecule has 1 aliphatic carbocycles. The largest absolute Gasteiger partial charge is 0.371 e. The number of hydrogen-bond donors (Lipinski definition) is 2. The van der Waals surface area contributed by atoms with Crippen LogP contribution in [0.3, 0.4) is 0 Å². The molecular formula is C21H38N6O2. The zero-order valence-corrected chi connectivity index (χ0v) is 18.3. The highest BCUT2D eigenvalue weighted by Crippen LogP contribution is 2.25. The van der Waals surface area contributed by atoms with E-state index in [-0.39, 0.29) is 6.10 Å². The molecule has 3 rings (SSSR count). The maximum Gasteiger partial charge on any atom is 0.248 e. The first kappa shape index (κ1) is 22.0. The van der Waals surface area contributed by atoms with Gasteiger partial charge in [-0.2, -0.15) is 4.98 Å². The molecular weight excluding hydrogens is 368 g/mol. The van der Waals surface area contributed by atoms with Gasteiger partial charge in [-0.05, 0) is 46.5 Å². The first-order valence-corrected chi connectivity index (χ1v) is 11.4. The number of piperidine rings is 1. The molecule has 0 amide bonds. The molecule has 0 radical (unpaired) electrons. The van der Waals surface area contributed by atoms with Crippen LogP contribution in [-0.4, -0.2) is 59.3 Å². The quantitative estimate of drug-likeness (QED) is 0.507. The number of nitrogens with zero attached hydrogens (tertiary/aromatic N) is 4. The Morgan fingerprint density at radius 3 is 2.66 bits per heavy atom. The normalized spacial score (nSPS) is 21.3. The predicted octanol–water partition coefficient (Wildman–Crippen LogP) is 3.02. The van der Waals surface area contributed by atoms with Gasteiger partial charge in [0, 0.05) is 38.3 Å². The van der Waals surface area contributed by atoms with Crippen LogP contribution in [-0.2, 0) is 11.3 Å². The van der Waals surface area contributed by atoms with Crippen molar-refractivity contribution in [2.24, 2.45) is 4.99 Å². The molecule has 0 spiro atoms. The van der Waals surface area contributed by atoms with Crippen LogP contribution >= 0.6 is 0 Å². The van der Waals surface area contributed by atoms with Crippen LogP contribution in [0, 0.1) is 0 Å². The van der Waals surface area contributed by atoms with Gasteiger partial charge in [0.05, 0.1) is 0 Å². The lowest BCUT2D eigenvalue weighted by Crippen LogP contribution is -2.50. The fourth-order valence-corrected chi connectivity index (χ4v) is 4.34. The highest BCUT2D eigenvalue weighted by Gasteiger charge is 2.26. The van der Waals surface area contributed by atoms with Gasteiger partial charge in [0.1, 0.15) is 12.6 Å². The molecule has 2 fully saturated rings. The number of hydrogen-bond acceptors (Lipinski definition) is 6. The number of ether oxygens (including phenoxy) is 1. The smallest absolute Gasteiger partial charge is 0.248 e. The standard InChI is InChI=1S/C21H38N6O2/c1-4-22-21(23-15-19-25-20(26-29-19)16(3)28-5-2)24-17-11-13-27(14-12-17)18-9-7-6-8-10-18/h16-18H,4-15H2,1-3H3,(H2,22,23,24). The van der Waals surface area contributed by atoms with E-state index in [2.05, 4.69) is 37.6 Å². The average Bonchev–Trinajstić information content (AvgIpc) is 3.23. The molecule has 29 heavy (non-hydrogen) atoms. The van der Waals surface area contributed by atoms with E-state index in [9.17, 15) is 0 Å².